The molecular formula is C10H17F2NO. The van der Waals surface area contributed by atoms with E-state index in [0.717, 1.165) is 6.54 Å². The summed E-state index contributed by atoms with van der Waals surface area (Å²) in [4.78, 5) is 0. The van der Waals surface area contributed by atoms with Gasteiger partial charge in [0.25, 0.3) is 5.92 Å². The van der Waals surface area contributed by atoms with Gasteiger partial charge in [0.05, 0.1) is 0 Å². The molecule has 1 unspecified atom stereocenters. The Bertz CT molecular complexity index is 187. The third-order valence-electron chi connectivity index (χ3n) is 3.37. The second-order valence-electron chi connectivity index (χ2n) is 4.25. The van der Waals surface area contributed by atoms with Gasteiger partial charge in [0.15, 0.2) is 0 Å². The largest absolute Gasteiger partial charge is 0.381 e. The molecule has 14 heavy (non-hydrogen) atoms. The maximum atomic E-state index is 13.9. The fraction of sp³-hybridized carbons (Fsp3) is 1.00. The minimum Gasteiger partial charge on any atom is -0.381 e. The van der Waals surface area contributed by atoms with Gasteiger partial charge in [-0.15, -0.1) is 0 Å². The Morgan fingerprint density at radius 1 is 1.07 bits per heavy atom. The first-order valence-corrected chi connectivity index (χ1v) is 5.37. The molecule has 0 bridgehead atoms. The molecule has 4 heteroatoms. The van der Waals surface area contributed by atoms with Crippen LogP contribution in [0, 0.1) is 11.8 Å². The van der Waals surface area contributed by atoms with Gasteiger partial charge < -0.3 is 10.1 Å². The van der Waals surface area contributed by atoms with E-state index in [1.54, 1.807) is 0 Å². The standard InChI is InChI=1S/C10H17F2NO/c11-10(12,9-1-4-13-7-9)8-2-5-14-6-3-8/h8-9,13H,1-7H2. The van der Waals surface area contributed by atoms with Crippen LogP contribution in [0.3, 0.4) is 0 Å². The SMILES string of the molecule is FC(F)(C1CCOCC1)C1CCNC1. The summed E-state index contributed by atoms with van der Waals surface area (Å²) in [5.41, 5.74) is 0. The van der Waals surface area contributed by atoms with E-state index in [9.17, 15) is 8.78 Å². The van der Waals surface area contributed by atoms with Gasteiger partial charge >= 0.3 is 0 Å². The van der Waals surface area contributed by atoms with Crippen molar-refractivity contribution in [1.29, 1.82) is 0 Å². The fourth-order valence-electron chi connectivity index (χ4n) is 2.40. The van der Waals surface area contributed by atoms with Gasteiger partial charge in [0, 0.05) is 31.6 Å². The Morgan fingerprint density at radius 3 is 2.36 bits per heavy atom. The number of ether oxygens (including phenoxy) is 1. The quantitative estimate of drug-likeness (QED) is 0.740. The Balaban J connectivity index is 1.97. The number of halogens is 2. The van der Waals surface area contributed by atoms with Crippen molar-refractivity contribution in [2.75, 3.05) is 26.3 Å². The number of hydrogen-bond donors (Lipinski definition) is 1. The van der Waals surface area contributed by atoms with Gasteiger partial charge in [-0.25, -0.2) is 8.78 Å². The molecule has 0 radical (unpaired) electrons. The van der Waals surface area contributed by atoms with Crippen LogP contribution in [0.25, 0.3) is 0 Å². The van der Waals surface area contributed by atoms with E-state index < -0.39 is 17.8 Å². The number of alkyl halides is 2. The maximum absolute atomic E-state index is 13.9. The van der Waals surface area contributed by atoms with Crippen LogP contribution in [-0.2, 0) is 4.74 Å². The summed E-state index contributed by atoms with van der Waals surface area (Å²) < 4.78 is 32.9. The van der Waals surface area contributed by atoms with Crippen molar-refractivity contribution in [3.05, 3.63) is 0 Å². The molecule has 0 aliphatic carbocycles. The zero-order chi connectivity index (χ0) is 10.0. The molecule has 0 amide bonds. The molecule has 2 heterocycles. The van der Waals surface area contributed by atoms with Crippen LogP contribution >= 0.6 is 0 Å². The van der Waals surface area contributed by atoms with E-state index in [-0.39, 0.29) is 0 Å². The molecule has 2 saturated heterocycles. The van der Waals surface area contributed by atoms with Crippen molar-refractivity contribution >= 4 is 0 Å². The summed E-state index contributed by atoms with van der Waals surface area (Å²) in [5.74, 6) is -3.40. The molecule has 82 valence electrons. The van der Waals surface area contributed by atoms with Gasteiger partial charge in [0.2, 0.25) is 0 Å². The molecule has 2 aliphatic rings. The minimum absolute atomic E-state index is 0.453. The molecule has 2 rings (SSSR count). The van der Waals surface area contributed by atoms with Crippen LogP contribution in [0.15, 0.2) is 0 Å². The smallest absolute Gasteiger partial charge is 0.255 e. The van der Waals surface area contributed by atoms with E-state index in [0.29, 0.717) is 39.0 Å². The second kappa shape index (κ2) is 4.11. The first-order valence-electron chi connectivity index (χ1n) is 5.37. The molecular weight excluding hydrogens is 188 g/mol. The summed E-state index contributed by atoms with van der Waals surface area (Å²) in [5, 5.41) is 3.01. The Kier molecular flexibility index (Phi) is 3.02. The predicted octanol–water partition coefficient (Wildman–Crippen LogP) is 1.66. The lowest BCUT2D eigenvalue weighted by Crippen LogP contribution is -2.40. The second-order valence-corrected chi connectivity index (χ2v) is 4.25. The van der Waals surface area contributed by atoms with E-state index in [1.165, 1.54) is 0 Å². The van der Waals surface area contributed by atoms with Crippen molar-refractivity contribution < 1.29 is 13.5 Å². The number of rotatable bonds is 2. The molecule has 0 aromatic heterocycles. The Morgan fingerprint density at radius 2 is 1.79 bits per heavy atom. The van der Waals surface area contributed by atoms with Crippen LogP contribution in [0.2, 0.25) is 0 Å². The molecule has 0 aromatic rings. The molecule has 2 aliphatic heterocycles. The Hall–Kier alpha value is -0.220. The highest BCUT2D eigenvalue weighted by atomic mass is 19.3. The summed E-state index contributed by atoms with van der Waals surface area (Å²) in [7, 11) is 0. The Labute approximate surface area is 83.0 Å². The summed E-state index contributed by atoms with van der Waals surface area (Å²) >= 11 is 0. The lowest BCUT2D eigenvalue weighted by Gasteiger charge is -2.33. The van der Waals surface area contributed by atoms with Gasteiger partial charge in [-0.1, -0.05) is 0 Å². The van der Waals surface area contributed by atoms with Crippen LogP contribution in [0.1, 0.15) is 19.3 Å². The third kappa shape index (κ3) is 1.91. The highest BCUT2D eigenvalue weighted by Gasteiger charge is 2.47. The highest BCUT2D eigenvalue weighted by molar-refractivity contribution is 4.89. The minimum atomic E-state index is -2.49. The van der Waals surface area contributed by atoms with E-state index in [1.807, 2.05) is 0 Å². The van der Waals surface area contributed by atoms with Crippen molar-refractivity contribution in [2.45, 2.75) is 25.2 Å². The van der Waals surface area contributed by atoms with Crippen molar-refractivity contribution in [3.63, 3.8) is 0 Å². The van der Waals surface area contributed by atoms with Crippen LogP contribution in [0.4, 0.5) is 8.78 Å². The monoisotopic (exact) mass is 205 g/mol. The van der Waals surface area contributed by atoms with Crippen molar-refractivity contribution in [3.8, 4) is 0 Å². The number of nitrogens with one attached hydrogen (secondary N) is 1. The predicted molar refractivity (Wildman–Crippen MR) is 49.5 cm³/mol. The molecule has 0 spiro atoms. The molecule has 1 atom stereocenters. The molecule has 0 saturated carbocycles. The lowest BCUT2D eigenvalue weighted by molar-refractivity contribution is -0.130. The zero-order valence-corrected chi connectivity index (χ0v) is 8.27. The van der Waals surface area contributed by atoms with Crippen LogP contribution < -0.4 is 5.32 Å². The molecule has 0 aromatic carbocycles. The van der Waals surface area contributed by atoms with E-state index >= 15 is 0 Å². The summed E-state index contributed by atoms with van der Waals surface area (Å²) in [6, 6.07) is 0. The molecule has 2 fully saturated rings. The first-order chi connectivity index (χ1) is 6.71. The summed E-state index contributed by atoms with van der Waals surface area (Å²) in [6.45, 7) is 2.22. The maximum Gasteiger partial charge on any atom is 0.255 e. The topological polar surface area (TPSA) is 21.3 Å². The van der Waals surface area contributed by atoms with Crippen LogP contribution in [-0.4, -0.2) is 32.2 Å². The fourth-order valence-corrected chi connectivity index (χ4v) is 2.40. The normalized spacial score (nSPS) is 30.9. The molecule has 1 N–H and O–H groups in total. The van der Waals surface area contributed by atoms with Gasteiger partial charge in [-0.3, -0.25) is 0 Å². The zero-order valence-electron chi connectivity index (χ0n) is 8.27. The average Bonchev–Trinajstić information content (AvgIpc) is 2.72. The average molecular weight is 205 g/mol. The van der Waals surface area contributed by atoms with Crippen LogP contribution in [0.5, 0.6) is 0 Å². The van der Waals surface area contributed by atoms with Crippen molar-refractivity contribution in [2.24, 2.45) is 11.8 Å². The van der Waals surface area contributed by atoms with E-state index in [4.69, 9.17) is 4.74 Å². The van der Waals surface area contributed by atoms with Crippen molar-refractivity contribution in [1.82, 2.24) is 5.32 Å². The highest BCUT2D eigenvalue weighted by Crippen LogP contribution is 2.40. The van der Waals surface area contributed by atoms with Gasteiger partial charge in [-0.05, 0) is 25.8 Å². The number of hydrogen-bond acceptors (Lipinski definition) is 2. The van der Waals surface area contributed by atoms with E-state index in [2.05, 4.69) is 5.32 Å². The molecule has 2 nitrogen and oxygen atoms in total. The summed E-state index contributed by atoms with van der Waals surface area (Å²) in [6.07, 6.45) is 1.65. The van der Waals surface area contributed by atoms with Gasteiger partial charge in [-0.2, -0.15) is 0 Å². The van der Waals surface area contributed by atoms with Gasteiger partial charge in [0.1, 0.15) is 0 Å². The lowest BCUT2D eigenvalue weighted by atomic mass is 9.84. The third-order valence-corrected chi connectivity index (χ3v) is 3.37. The first kappa shape index (κ1) is 10.3.